The highest BCUT2D eigenvalue weighted by Gasteiger charge is 2.39. The largest absolute Gasteiger partial charge is 0.480 e. The Balaban J connectivity index is 1.71. The molecule has 152 valence electrons. The predicted molar refractivity (Wildman–Crippen MR) is 105 cm³/mol. The summed E-state index contributed by atoms with van der Waals surface area (Å²) in [4.78, 5) is 15.6. The monoisotopic (exact) mass is 398 g/mol. The molecule has 0 aliphatic heterocycles. The lowest BCUT2D eigenvalue weighted by Gasteiger charge is -2.39. The summed E-state index contributed by atoms with van der Waals surface area (Å²) in [5.74, 6) is -0.503. The van der Waals surface area contributed by atoms with Crippen molar-refractivity contribution in [3.63, 3.8) is 0 Å². The number of primary amides is 1. The number of anilines is 1. The molecule has 7 nitrogen and oxygen atoms in total. The number of aromatic nitrogens is 1. The van der Waals surface area contributed by atoms with Gasteiger partial charge in [-0.2, -0.15) is 10.2 Å². The number of carbonyl (C=O) groups is 1. The fraction of sp³-hybridized carbons (Fsp3) is 0.381. The number of pyridine rings is 1. The lowest BCUT2D eigenvalue weighted by Crippen LogP contribution is -2.45. The minimum atomic E-state index is -0.795. The average Bonchev–Trinajstić information content (AvgIpc) is 2.71. The van der Waals surface area contributed by atoms with Gasteiger partial charge in [0.1, 0.15) is 17.2 Å². The van der Waals surface area contributed by atoms with Crippen molar-refractivity contribution in [1.82, 2.24) is 4.98 Å². The van der Waals surface area contributed by atoms with E-state index in [1.165, 1.54) is 7.11 Å². The van der Waals surface area contributed by atoms with Crippen LogP contribution in [-0.4, -0.2) is 29.8 Å². The summed E-state index contributed by atoms with van der Waals surface area (Å²) in [6.07, 6.45) is 2.22. The minimum absolute atomic E-state index is 0.0379. The van der Waals surface area contributed by atoms with Gasteiger partial charge in [-0.15, -0.1) is 0 Å². The standard InChI is InChI=1S/C21H23FN4O3/c1-28-19-15(13-23)11-17(22)18(26-19)25-16-7-9-21(10-8-16,29-20(24)27)12-14-5-3-2-4-6-14/h2-6,11,16H,7-10,12H2,1H3,(H2,24,27)(H,25,26). The number of nitrogens with one attached hydrogen (secondary N) is 1. The van der Waals surface area contributed by atoms with Gasteiger partial charge in [0.15, 0.2) is 11.6 Å². The topological polar surface area (TPSA) is 110 Å². The molecular weight excluding hydrogens is 375 g/mol. The number of hydrogen-bond acceptors (Lipinski definition) is 6. The van der Waals surface area contributed by atoms with Crippen LogP contribution in [-0.2, 0) is 11.2 Å². The van der Waals surface area contributed by atoms with Crippen LogP contribution in [0.2, 0.25) is 0 Å². The molecule has 29 heavy (non-hydrogen) atoms. The van der Waals surface area contributed by atoms with Gasteiger partial charge in [0.25, 0.3) is 0 Å². The molecule has 1 heterocycles. The van der Waals surface area contributed by atoms with Crippen molar-refractivity contribution >= 4 is 11.9 Å². The first-order valence-corrected chi connectivity index (χ1v) is 9.38. The summed E-state index contributed by atoms with van der Waals surface area (Å²) in [6, 6.07) is 12.7. The third-order valence-electron chi connectivity index (χ3n) is 5.18. The fourth-order valence-electron chi connectivity index (χ4n) is 3.79. The molecule has 3 rings (SSSR count). The zero-order chi connectivity index (χ0) is 20.9. The Morgan fingerprint density at radius 2 is 2.07 bits per heavy atom. The maximum atomic E-state index is 14.3. The minimum Gasteiger partial charge on any atom is -0.480 e. The highest BCUT2D eigenvalue weighted by atomic mass is 19.1. The predicted octanol–water partition coefficient (Wildman–Crippen LogP) is 3.53. The molecule has 1 aliphatic carbocycles. The Morgan fingerprint density at radius 1 is 1.38 bits per heavy atom. The Labute approximate surface area is 168 Å². The number of benzene rings is 1. The number of amides is 1. The van der Waals surface area contributed by atoms with Gasteiger partial charge >= 0.3 is 6.09 Å². The number of methoxy groups -OCH3 is 1. The van der Waals surface area contributed by atoms with Crippen LogP contribution in [0.25, 0.3) is 0 Å². The highest BCUT2D eigenvalue weighted by Crippen LogP contribution is 2.36. The first-order valence-electron chi connectivity index (χ1n) is 9.38. The first kappa shape index (κ1) is 20.4. The molecule has 0 bridgehead atoms. The van der Waals surface area contributed by atoms with E-state index in [1.54, 1.807) is 0 Å². The zero-order valence-corrected chi connectivity index (χ0v) is 16.2. The van der Waals surface area contributed by atoms with Crippen LogP contribution >= 0.6 is 0 Å². The van der Waals surface area contributed by atoms with Crippen molar-refractivity contribution in [3.8, 4) is 11.9 Å². The molecule has 1 amide bonds. The van der Waals surface area contributed by atoms with Gasteiger partial charge in [-0.3, -0.25) is 0 Å². The van der Waals surface area contributed by atoms with Crippen molar-refractivity contribution in [2.24, 2.45) is 5.73 Å². The molecule has 0 spiro atoms. The molecular formula is C21H23FN4O3. The molecule has 2 aromatic rings. The van der Waals surface area contributed by atoms with E-state index in [0.29, 0.717) is 32.1 Å². The van der Waals surface area contributed by atoms with Crippen LogP contribution in [0.5, 0.6) is 5.88 Å². The van der Waals surface area contributed by atoms with E-state index in [4.69, 9.17) is 20.5 Å². The van der Waals surface area contributed by atoms with Crippen molar-refractivity contribution in [2.75, 3.05) is 12.4 Å². The average molecular weight is 398 g/mol. The quantitative estimate of drug-likeness (QED) is 0.770. The summed E-state index contributed by atoms with van der Waals surface area (Å²) in [5.41, 5.74) is 5.74. The lowest BCUT2D eigenvalue weighted by atomic mass is 9.78. The Morgan fingerprint density at radius 3 is 2.66 bits per heavy atom. The van der Waals surface area contributed by atoms with E-state index in [9.17, 15) is 9.18 Å². The second kappa shape index (κ2) is 8.78. The van der Waals surface area contributed by atoms with E-state index in [-0.39, 0.29) is 23.3 Å². The maximum absolute atomic E-state index is 14.3. The van der Waals surface area contributed by atoms with E-state index < -0.39 is 17.5 Å². The Hall–Kier alpha value is -3.34. The zero-order valence-electron chi connectivity index (χ0n) is 16.2. The van der Waals surface area contributed by atoms with Gasteiger partial charge in [-0.25, -0.2) is 9.18 Å². The van der Waals surface area contributed by atoms with Crippen LogP contribution in [0, 0.1) is 17.1 Å². The first-order chi connectivity index (χ1) is 13.9. The summed E-state index contributed by atoms with van der Waals surface area (Å²) >= 11 is 0. The SMILES string of the molecule is COc1nc(NC2CCC(Cc3ccccc3)(OC(N)=O)CC2)c(F)cc1C#N. The third kappa shape index (κ3) is 4.93. The summed E-state index contributed by atoms with van der Waals surface area (Å²) in [5, 5.41) is 12.1. The highest BCUT2D eigenvalue weighted by molar-refractivity contribution is 5.65. The normalized spacial score (nSPS) is 21.1. The number of ether oxygens (including phenoxy) is 2. The molecule has 3 N–H and O–H groups in total. The van der Waals surface area contributed by atoms with Crippen LogP contribution in [0.15, 0.2) is 36.4 Å². The molecule has 0 unspecified atom stereocenters. The second-order valence-corrected chi connectivity index (χ2v) is 7.17. The third-order valence-corrected chi connectivity index (χ3v) is 5.18. The number of hydrogen-bond donors (Lipinski definition) is 2. The number of halogens is 1. The van der Waals surface area contributed by atoms with E-state index in [0.717, 1.165) is 11.6 Å². The number of nitrogens with zero attached hydrogens (tertiary/aromatic N) is 2. The smallest absolute Gasteiger partial charge is 0.405 e. The van der Waals surface area contributed by atoms with Gasteiger partial charge in [-0.05, 0) is 31.2 Å². The molecule has 1 saturated carbocycles. The summed E-state index contributed by atoms with van der Waals surface area (Å²) < 4.78 is 24.9. The van der Waals surface area contributed by atoms with Crippen molar-refractivity contribution in [1.29, 1.82) is 5.26 Å². The van der Waals surface area contributed by atoms with Gasteiger partial charge < -0.3 is 20.5 Å². The molecule has 1 aliphatic rings. The van der Waals surface area contributed by atoms with Crippen molar-refractivity contribution in [3.05, 3.63) is 53.3 Å². The molecule has 1 aromatic carbocycles. The number of nitriles is 1. The van der Waals surface area contributed by atoms with Gasteiger partial charge in [0, 0.05) is 18.5 Å². The van der Waals surface area contributed by atoms with Crippen molar-refractivity contribution in [2.45, 2.75) is 43.7 Å². The van der Waals surface area contributed by atoms with Crippen LogP contribution in [0.3, 0.4) is 0 Å². The van der Waals surface area contributed by atoms with E-state index >= 15 is 0 Å². The number of carbonyl (C=O) groups excluding carboxylic acids is 1. The number of nitrogens with two attached hydrogens (primary N) is 1. The summed E-state index contributed by atoms with van der Waals surface area (Å²) in [7, 11) is 1.38. The van der Waals surface area contributed by atoms with Crippen molar-refractivity contribution < 1.29 is 18.7 Å². The molecule has 8 heteroatoms. The van der Waals surface area contributed by atoms with E-state index in [1.807, 2.05) is 36.4 Å². The Bertz CT molecular complexity index is 906. The molecule has 1 fully saturated rings. The van der Waals surface area contributed by atoms with Crippen LogP contribution in [0.1, 0.15) is 36.8 Å². The summed E-state index contributed by atoms with van der Waals surface area (Å²) in [6.45, 7) is 0. The molecule has 1 aromatic heterocycles. The maximum Gasteiger partial charge on any atom is 0.405 e. The van der Waals surface area contributed by atoms with Gasteiger partial charge in [0.05, 0.1) is 7.11 Å². The second-order valence-electron chi connectivity index (χ2n) is 7.17. The molecule has 0 atom stereocenters. The van der Waals surface area contributed by atoms with Gasteiger partial charge in [0.2, 0.25) is 5.88 Å². The van der Waals surface area contributed by atoms with E-state index in [2.05, 4.69) is 10.3 Å². The number of rotatable bonds is 6. The fourth-order valence-corrected chi connectivity index (χ4v) is 3.79. The van der Waals surface area contributed by atoms with Gasteiger partial charge in [-0.1, -0.05) is 30.3 Å². The molecule has 0 radical (unpaired) electrons. The Kier molecular flexibility index (Phi) is 6.17. The van der Waals surface area contributed by atoms with Crippen LogP contribution in [0.4, 0.5) is 15.0 Å². The van der Waals surface area contributed by atoms with Crippen LogP contribution < -0.4 is 15.8 Å². The molecule has 0 saturated heterocycles. The lowest BCUT2D eigenvalue weighted by molar-refractivity contribution is -0.0138.